The number of halogens is 3. The summed E-state index contributed by atoms with van der Waals surface area (Å²) < 4.78 is 38.2. The van der Waals surface area contributed by atoms with Crippen molar-refractivity contribution in [3.05, 3.63) is 53.9 Å². The van der Waals surface area contributed by atoms with Crippen LogP contribution in [0.3, 0.4) is 0 Å². The number of hydrogen-bond acceptors (Lipinski definition) is 5. The molecule has 2 aromatic rings. The van der Waals surface area contributed by atoms with E-state index in [2.05, 4.69) is 67.0 Å². The lowest BCUT2D eigenvalue weighted by Crippen LogP contribution is -2.45. The molecule has 0 amide bonds. The largest absolute Gasteiger partial charge is 0.433 e. The number of alkyl halides is 3. The van der Waals surface area contributed by atoms with E-state index in [0.717, 1.165) is 31.8 Å². The lowest BCUT2D eigenvalue weighted by Gasteiger charge is -2.21. The third kappa shape index (κ3) is 6.81. The van der Waals surface area contributed by atoms with Gasteiger partial charge in [0.2, 0.25) is 5.95 Å². The maximum absolute atomic E-state index is 12.7. The summed E-state index contributed by atoms with van der Waals surface area (Å²) in [6, 6.07) is 12.0. The van der Waals surface area contributed by atoms with Crippen LogP contribution in [0.5, 0.6) is 0 Å². The van der Waals surface area contributed by atoms with E-state index < -0.39 is 11.9 Å². The number of aliphatic imine (C=N–C) groups is 1. The van der Waals surface area contributed by atoms with Crippen molar-refractivity contribution in [3.63, 3.8) is 0 Å². The number of guanidine groups is 1. The van der Waals surface area contributed by atoms with Crippen LogP contribution in [-0.4, -0.2) is 59.6 Å². The minimum Gasteiger partial charge on any atom is -0.355 e. The van der Waals surface area contributed by atoms with Gasteiger partial charge < -0.3 is 16.0 Å². The molecule has 0 saturated carbocycles. The van der Waals surface area contributed by atoms with Gasteiger partial charge in [-0.3, -0.25) is 9.89 Å². The van der Waals surface area contributed by atoms with Crippen molar-refractivity contribution >= 4 is 11.9 Å². The van der Waals surface area contributed by atoms with Crippen LogP contribution >= 0.6 is 0 Å². The number of aromatic nitrogens is 2. The van der Waals surface area contributed by atoms with Crippen LogP contribution in [0.1, 0.15) is 24.6 Å². The fourth-order valence-electron chi connectivity index (χ4n) is 3.59. The van der Waals surface area contributed by atoms with Gasteiger partial charge in [0.05, 0.1) is 0 Å². The zero-order chi connectivity index (χ0) is 22.3. The standard InChI is InChI=1S/C21H28F3N7/c1-15-12-17(14-31(15)13-16-6-4-3-5-7-16)29-19(25-2)27-10-11-28-20-26-9-8-18(30-20)21(22,23)24/h3-9,15,17H,10-14H2,1-2H3,(H2,25,27,29)(H,26,28,30). The highest BCUT2D eigenvalue weighted by molar-refractivity contribution is 5.80. The Balaban J connectivity index is 1.42. The fourth-order valence-corrected chi connectivity index (χ4v) is 3.59. The van der Waals surface area contributed by atoms with Gasteiger partial charge in [-0.15, -0.1) is 0 Å². The molecule has 3 N–H and O–H groups in total. The second-order valence-electron chi connectivity index (χ2n) is 7.53. The molecule has 0 radical (unpaired) electrons. The summed E-state index contributed by atoms with van der Waals surface area (Å²) in [6.45, 7) is 4.85. The van der Waals surface area contributed by atoms with E-state index in [0.29, 0.717) is 25.1 Å². The highest BCUT2D eigenvalue weighted by atomic mass is 19.4. The molecule has 2 heterocycles. The predicted octanol–water partition coefficient (Wildman–Crippen LogP) is 2.74. The van der Waals surface area contributed by atoms with Crippen LogP contribution in [0, 0.1) is 0 Å². The summed E-state index contributed by atoms with van der Waals surface area (Å²) in [5.41, 5.74) is 0.325. The first kappa shape index (κ1) is 22.8. The Bertz CT molecular complexity index is 858. The van der Waals surface area contributed by atoms with Crippen molar-refractivity contribution in [2.45, 2.75) is 38.1 Å². The summed E-state index contributed by atoms with van der Waals surface area (Å²) >= 11 is 0. The van der Waals surface area contributed by atoms with Gasteiger partial charge in [-0.05, 0) is 25.0 Å². The van der Waals surface area contributed by atoms with Gasteiger partial charge in [-0.25, -0.2) is 9.97 Å². The van der Waals surface area contributed by atoms with Crippen molar-refractivity contribution in [1.82, 2.24) is 25.5 Å². The summed E-state index contributed by atoms with van der Waals surface area (Å²) in [7, 11) is 1.69. The van der Waals surface area contributed by atoms with Crippen LogP contribution in [-0.2, 0) is 12.7 Å². The number of nitrogens with one attached hydrogen (secondary N) is 3. The Morgan fingerprint density at radius 2 is 1.97 bits per heavy atom. The first-order valence-electron chi connectivity index (χ1n) is 10.2. The van der Waals surface area contributed by atoms with Crippen LogP contribution in [0.25, 0.3) is 0 Å². The predicted molar refractivity (Wildman–Crippen MR) is 115 cm³/mol. The zero-order valence-electron chi connectivity index (χ0n) is 17.7. The maximum Gasteiger partial charge on any atom is 0.433 e. The summed E-state index contributed by atoms with van der Waals surface area (Å²) in [5.74, 6) is 0.603. The van der Waals surface area contributed by atoms with Gasteiger partial charge in [0, 0.05) is 51.5 Å². The molecule has 2 unspecified atom stereocenters. The molecule has 1 aromatic heterocycles. The Labute approximate surface area is 180 Å². The first-order valence-corrected chi connectivity index (χ1v) is 10.2. The van der Waals surface area contributed by atoms with E-state index in [1.807, 2.05) is 6.07 Å². The molecular formula is C21H28F3N7. The zero-order valence-corrected chi connectivity index (χ0v) is 17.7. The quantitative estimate of drug-likeness (QED) is 0.353. The molecular weight excluding hydrogens is 407 g/mol. The average Bonchev–Trinajstić information content (AvgIpc) is 3.09. The Morgan fingerprint density at radius 3 is 2.68 bits per heavy atom. The van der Waals surface area contributed by atoms with Gasteiger partial charge in [0.1, 0.15) is 5.69 Å². The van der Waals surface area contributed by atoms with Crippen LogP contribution in [0.15, 0.2) is 47.6 Å². The molecule has 10 heteroatoms. The second kappa shape index (κ2) is 10.4. The molecule has 0 bridgehead atoms. The highest BCUT2D eigenvalue weighted by Gasteiger charge is 2.33. The number of nitrogens with zero attached hydrogens (tertiary/aromatic N) is 4. The normalized spacial score (nSPS) is 20.0. The number of likely N-dealkylation sites (tertiary alicyclic amines) is 1. The molecule has 168 valence electrons. The topological polar surface area (TPSA) is 77.5 Å². The third-order valence-corrected chi connectivity index (χ3v) is 5.14. The molecule has 1 fully saturated rings. The van der Waals surface area contributed by atoms with Gasteiger partial charge in [-0.2, -0.15) is 13.2 Å². The molecule has 2 atom stereocenters. The summed E-state index contributed by atoms with van der Waals surface area (Å²) in [6.07, 6.45) is -2.39. The van der Waals surface area contributed by atoms with Crippen molar-refractivity contribution < 1.29 is 13.2 Å². The molecule has 3 rings (SSSR count). The number of hydrogen-bond donors (Lipinski definition) is 3. The summed E-state index contributed by atoms with van der Waals surface area (Å²) in [5, 5.41) is 9.40. The minimum atomic E-state index is -4.49. The fraction of sp³-hybridized carbons (Fsp3) is 0.476. The van der Waals surface area contributed by atoms with E-state index in [-0.39, 0.29) is 12.0 Å². The van der Waals surface area contributed by atoms with E-state index >= 15 is 0 Å². The number of rotatable bonds is 7. The summed E-state index contributed by atoms with van der Waals surface area (Å²) in [4.78, 5) is 14.0. The van der Waals surface area contributed by atoms with Crippen LogP contribution in [0.2, 0.25) is 0 Å². The first-order chi connectivity index (χ1) is 14.8. The Hall–Kier alpha value is -2.88. The Morgan fingerprint density at radius 1 is 1.19 bits per heavy atom. The van der Waals surface area contributed by atoms with Gasteiger partial charge >= 0.3 is 6.18 Å². The monoisotopic (exact) mass is 435 g/mol. The van der Waals surface area contributed by atoms with E-state index in [4.69, 9.17) is 0 Å². The smallest absolute Gasteiger partial charge is 0.355 e. The third-order valence-electron chi connectivity index (χ3n) is 5.14. The van der Waals surface area contributed by atoms with Crippen molar-refractivity contribution in [2.75, 3.05) is 32.0 Å². The lowest BCUT2D eigenvalue weighted by molar-refractivity contribution is -0.141. The van der Waals surface area contributed by atoms with Crippen molar-refractivity contribution in [2.24, 2.45) is 4.99 Å². The molecule has 1 aromatic carbocycles. The maximum atomic E-state index is 12.7. The van der Waals surface area contributed by atoms with E-state index in [1.165, 1.54) is 5.56 Å². The Kier molecular flexibility index (Phi) is 7.67. The SMILES string of the molecule is CN=C(NCCNc1nccc(C(F)(F)F)n1)NC1CC(C)N(Cc2ccccc2)C1. The lowest BCUT2D eigenvalue weighted by atomic mass is 10.2. The van der Waals surface area contributed by atoms with Crippen LogP contribution in [0.4, 0.5) is 19.1 Å². The molecule has 7 nitrogen and oxygen atoms in total. The molecule has 31 heavy (non-hydrogen) atoms. The molecule has 1 aliphatic heterocycles. The molecule has 0 aliphatic carbocycles. The highest BCUT2D eigenvalue weighted by Crippen LogP contribution is 2.27. The van der Waals surface area contributed by atoms with Gasteiger partial charge in [-0.1, -0.05) is 30.3 Å². The molecule has 0 spiro atoms. The average molecular weight is 435 g/mol. The molecule has 1 aliphatic rings. The van der Waals surface area contributed by atoms with Crippen molar-refractivity contribution in [3.8, 4) is 0 Å². The van der Waals surface area contributed by atoms with Gasteiger partial charge in [0.15, 0.2) is 5.96 Å². The van der Waals surface area contributed by atoms with Crippen molar-refractivity contribution in [1.29, 1.82) is 0 Å². The second-order valence-corrected chi connectivity index (χ2v) is 7.53. The van der Waals surface area contributed by atoms with E-state index in [9.17, 15) is 13.2 Å². The molecule has 1 saturated heterocycles. The van der Waals surface area contributed by atoms with Gasteiger partial charge in [0.25, 0.3) is 0 Å². The van der Waals surface area contributed by atoms with E-state index in [1.54, 1.807) is 7.05 Å². The number of anilines is 1. The van der Waals surface area contributed by atoms with Crippen LogP contribution < -0.4 is 16.0 Å². The number of benzene rings is 1. The minimum absolute atomic E-state index is 0.0549.